The quantitative estimate of drug-likeness (QED) is 0.857. The first-order valence-electron chi connectivity index (χ1n) is 6.83. The summed E-state index contributed by atoms with van der Waals surface area (Å²) >= 11 is 0. The number of carbonyl (C=O) groups excluding carboxylic acids is 1. The molecule has 1 amide bonds. The fourth-order valence-electron chi connectivity index (χ4n) is 2.30. The van der Waals surface area contributed by atoms with Crippen LogP contribution in [0.25, 0.3) is 0 Å². The van der Waals surface area contributed by atoms with Gasteiger partial charge in [-0.3, -0.25) is 4.79 Å². The monoisotopic (exact) mass is 273 g/mol. The maximum Gasteiger partial charge on any atom is 0.335 e. The molecule has 1 aliphatic rings. The first-order valence-corrected chi connectivity index (χ1v) is 6.83. The Morgan fingerprint density at radius 2 is 1.75 bits per heavy atom. The number of nitrogens with zero attached hydrogens (tertiary/aromatic N) is 1. The van der Waals surface area contributed by atoms with Crippen molar-refractivity contribution >= 4 is 11.9 Å². The molecule has 20 heavy (non-hydrogen) atoms. The van der Waals surface area contributed by atoms with Gasteiger partial charge in [0.25, 0.3) is 0 Å². The number of likely N-dealkylation sites (tertiary alicyclic amines) is 1. The molecule has 4 heteroatoms. The van der Waals surface area contributed by atoms with E-state index in [2.05, 4.69) is 6.58 Å². The van der Waals surface area contributed by atoms with Gasteiger partial charge in [-0.2, -0.15) is 0 Å². The third-order valence-electron chi connectivity index (χ3n) is 3.65. The number of benzene rings is 1. The van der Waals surface area contributed by atoms with Gasteiger partial charge in [0, 0.05) is 19.5 Å². The molecule has 0 aliphatic carbocycles. The lowest BCUT2D eigenvalue weighted by Crippen LogP contribution is -2.36. The highest BCUT2D eigenvalue weighted by atomic mass is 16.4. The van der Waals surface area contributed by atoms with E-state index in [-0.39, 0.29) is 11.5 Å². The zero-order valence-corrected chi connectivity index (χ0v) is 11.5. The lowest BCUT2D eigenvalue weighted by atomic mass is 10.0. The SMILES string of the molecule is C=C1CCN(C(=O)CCc2ccc(C(=O)O)cc2)CC1. The molecule has 1 aliphatic heterocycles. The van der Waals surface area contributed by atoms with Crippen molar-refractivity contribution in [2.75, 3.05) is 13.1 Å². The van der Waals surface area contributed by atoms with Crippen molar-refractivity contribution in [3.8, 4) is 0 Å². The molecule has 1 saturated heterocycles. The minimum atomic E-state index is -0.929. The highest BCUT2D eigenvalue weighted by Gasteiger charge is 2.17. The Labute approximate surface area is 118 Å². The predicted molar refractivity (Wildman–Crippen MR) is 76.7 cm³/mol. The van der Waals surface area contributed by atoms with E-state index in [0.29, 0.717) is 12.8 Å². The van der Waals surface area contributed by atoms with Crippen molar-refractivity contribution in [1.29, 1.82) is 0 Å². The molecule has 0 radical (unpaired) electrons. The average Bonchev–Trinajstić information content (AvgIpc) is 2.46. The van der Waals surface area contributed by atoms with Gasteiger partial charge in [-0.25, -0.2) is 4.79 Å². The normalized spacial score (nSPS) is 15.2. The Morgan fingerprint density at radius 3 is 2.30 bits per heavy atom. The van der Waals surface area contributed by atoms with Gasteiger partial charge < -0.3 is 10.0 Å². The average molecular weight is 273 g/mol. The van der Waals surface area contributed by atoms with Crippen molar-refractivity contribution < 1.29 is 14.7 Å². The summed E-state index contributed by atoms with van der Waals surface area (Å²) in [5.74, 6) is -0.763. The molecule has 1 aromatic rings. The van der Waals surface area contributed by atoms with Crippen molar-refractivity contribution in [2.24, 2.45) is 0 Å². The Bertz CT molecular complexity index is 509. The van der Waals surface area contributed by atoms with Crippen LogP contribution in [0.1, 0.15) is 35.2 Å². The smallest absolute Gasteiger partial charge is 0.335 e. The van der Waals surface area contributed by atoms with Crippen molar-refractivity contribution in [3.63, 3.8) is 0 Å². The number of aryl methyl sites for hydroxylation is 1. The number of hydrogen-bond acceptors (Lipinski definition) is 2. The van der Waals surface area contributed by atoms with Crippen LogP contribution in [-0.4, -0.2) is 35.0 Å². The van der Waals surface area contributed by atoms with Gasteiger partial charge in [-0.1, -0.05) is 24.3 Å². The predicted octanol–water partition coefficient (Wildman–Crippen LogP) is 2.50. The van der Waals surface area contributed by atoms with Crippen LogP contribution < -0.4 is 0 Å². The summed E-state index contributed by atoms with van der Waals surface area (Å²) in [5, 5.41) is 8.82. The number of carboxylic acid groups (broad SMARTS) is 1. The van der Waals surface area contributed by atoms with Gasteiger partial charge in [-0.15, -0.1) is 0 Å². The Balaban J connectivity index is 1.84. The summed E-state index contributed by atoms with van der Waals surface area (Å²) in [4.78, 5) is 24.7. The van der Waals surface area contributed by atoms with E-state index in [1.54, 1.807) is 24.3 Å². The minimum absolute atomic E-state index is 0.166. The van der Waals surface area contributed by atoms with Gasteiger partial charge in [0.2, 0.25) is 5.91 Å². The number of amides is 1. The van der Waals surface area contributed by atoms with Gasteiger partial charge >= 0.3 is 5.97 Å². The molecule has 0 atom stereocenters. The molecule has 1 fully saturated rings. The van der Waals surface area contributed by atoms with E-state index in [0.717, 1.165) is 31.5 Å². The second-order valence-electron chi connectivity index (χ2n) is 5.13. The summed E-state index contributed by atoms with van der Waals surface area (Å²) in [6.07, 6.45) is 2.92. The van der Waals surface area contributed by atoms with Gasteiger partial charge in [0.05, 0.1) is 5.56 Å². The first-order chi connectivity index (χ1) is 9.56. The van der Waals surface area contributed by atoms with E-state index in [4.69, 9.17) is 5.11 Å². The van der Waals surface area contributed by atoms with Gasteiger partial charge in [0.15, 0.2) is 0 Å². The van der Waals surface area contributed by atoms with Gasteiger partial charge in [0.1, 0.15) is 0 Å². The number of piperidine rings is 1. The van der Waals surface area contributed by atoms with Crippen LogP contribution in [-0.2, 0) is 11.2 Å². The van der Waals surface area contributed by atoms with Crippen LogP contribution in [0.4, 0.5) is 0 Å². The van der Waals surface area contributed by atoms with Crippen LogP contribution in [0.15, 0.2) is 36.4 Å². The van der Waals surface area contributed by atoms with Crippen molar-refractivity contribution in [3.05, 3.63) is 47.5 Å². The Hall–Kier alpha value is -2.10. The zero-order chi connectivity index (χ0) is 14.5. The molecule has 1 N–H and O–H groups in total. The second-order valence-corrected chi connectivity index (χ2v) is 5.13. The molecule has 2 rings (SSSR count). The van der Waals surface area contributed by atoms with Gasteiger partial charge in [-0.05, 0) is 37.0 Å². The summed E-state index contributed by atoms with van der Waals surface area (Å²) in [5.41, 5.74) is 2.48. The summed E-state index contributed by atoms with van der Waals surface area (Å²) in [6.45, 7) is 5.48. The topological polar surface area (TPSA) is 57.6 Å². The maximum absolute atomic E-state index is 12.1. The first kappa shape index (κ1) is 14.3. The summed E-state index contributed by atoms with van der Waals surface area (Å²) < 4.78 is 0. The minimum Gasteiger partial charge on any atom is -0.478 e. The number of carbonyl (C=O) groups is 2. The maximum atomic E-state index is 12.1. The Morgan fingerprint density at radius 1 is 1.15 bits per heavy atom. The van der Waals surface area contributed by atoms with Crippen LogP contribution >= 0.6 is 0 Å². The summed E-state index contributed by atoms with van der Waals surface area (Å²) in [7, 11) is 0. The number of carboxylic acids is 1. The molecule has 1 heterocycles. The van der Waals surface area contributed by atoms with E-state index < -0.39 is 5.97 Å². The molecule has 106 valence electrons. The highest BCUT2D eigenvalue weighted by molar-refractivity contribution is 5.87. The Kier molecular flexibility index (Phi) is 4.56. The molecule has 0 saturated carbocycles. The molecule has 0 unspecified atom stereocenters. The van der Waals surface area contributed by atoms with E-state index in [9.17, 15) is 9.59 Å². The fourth-order valence-corrected chi connectivity index (χ4v) is 2.30. The number of aromatic carboxylic acids is 1. The lowest BCUT2D eigenvalue weighted by Gasteiger charge is -2.28. The molecular formula is C16H19NO3. The van der Waals surface area contributed by atoms with E-state index >= 15 is 0 Å². The van der Waals surface area contributed by atoms with Crippen LogP contribution in [0.3, 0.4) is 0 Å². The van der Waals surface area contributed by atoms with Crippen molar-refractivity contribution in [1.82, 2.24) is 4.90 Å². The van der Waals surface area contributed by atoms with Crippen LogP contribution in [0.2, 0.25) is 0 Å². The lowest BCUT2D eigenvalue weighted by molar-refractivity contribution is -0.131. The molecule has 0 bridgehead atoms. The largest absolute Gasteiger partial charge is 0.478 e. The molecular weight excluding hydrogens is 254 g/mol. The van der Waals surface area contributed by atoms with Crippen LogP contribution in [0, 0.1) is 0 Å². The molecule has 4 nitrogen and oxygen atoms in total. The molecule has 1 aromatic carbocycles. The third-order valence-corrected chi connectivity index (χ3v) is 3.65. The number of rotatable bonds is 4. The second kappa shape index (κ2) is 6.37. The van der Waals surface area contributed by atoms with Crippen LogP contribution in [0.5, 0.6) is 0 Å². The summed E-state index contributed by atoms with van der Waals surface area (Å²) in [6, 6.07) is 6.70. The number of hydrogen-bond donors (Lipinski definition) is 1. The van der Waals surface area contributed by atoms with E-state index in [1.807, 2.05) is 4.90 Å². The zero-order valence-electron chi connectivity index (χ0n) is 11.5. The van der Waals surface area contributed by atoms with E-state index in [1.165, 1.54) is 5.57 Å². The third kappa shape index (κ3) is 3.70. The fraction of sp³-hybridized carbons (Fsp3) is 0.375. The molecule has 0 spiro atoms. The van der Waals surface area contributed by atoms with Crippen molar-refractivity contribution in [2.45, 2.75) is 25.7 Å². The standard InChI is InChI=1S/C16H19NO3/c1-12-8-10-17(11-9-12)15(18)7-4-13-2-5-14(6-3-13)16(19)20/h2-3,5-6H,1,4,7-11H2,(H,19,20). The highest BCUT2D eigenvalue weighted by Crippen LogP contribution is 2.15. The molecule has 0 aromatic heterocycles.